The zero-order valence-corrected chi connectivity index (χ0v) is 10.2. The first-order valence-corrected chi connectivity index (χ1v) is 5.61. The van der Waals surface area contributed by atoms with Crippen LogP contribution in [0.5, 0.6) is 0 Å². The van der Waals surface area contributed by atoms with Gasteiger partial charge in [-0.15, -0.1) is 0 Å². The number of aromatic nitrogens is 2. The number of hydrogen-bond donors (Lipinski definition) is 1. The fraction of sp³-hybridized carbons (Fsp3) is 0.636. The molecule has 0 bridgehead atoms. The molecule has 1 N–H and O–H groups in total. The van der Waals surface area contributed by atoms with Crippen molar-refractivity contribution >= 4 is 5.91 Å². The molecule has 0 aromatic carbocycles. The summed E-state index contributed by atoms with van der Waals surface area (Å²) in [6.07, 6.45) is 3.66. The molecule has 1 rings (SSSR count). The summed E-state index contributed by atoms with van der Waals surface area (Å²) in [5.41, 5.74) is 0. The van der Waals surface area contributed by atoms with Crippen LogP contribution in [0.3, 0.4) is 0 Å². The van der Waals surface area contributed by atoms with Gasteiger partial charge in [0.1, 0.15) is 0 Å². The largest absolute Gasteiger partial charge is 0.345 e. The number of carbonyl (C=O) groups excluding carboxylic acids is 1. The summed E-state index contributed by atoms with van der Waals surface area (Å²) in [5.74, 6) is 0.128. The summed E-state index contributed by atoms with van der Waals surface area (Å²) in [7, 11) is 1.81. The lowest BCUT2D eigenvalue weighted by atomic mass is 10.3. The molecule has 0 saturated carbocycles. The monoisotopic (exact) mass is 224 g/mol. The highest BCUT2D eigenvalue weighted by Gasteiger charge is 2.14. The van der Waals surface area contributed by atoms with Crippen LogP contribution in [0.15, 0.2) is 18.5 Å². The van der Waals surface area contributed by atoms with E-state index >= 15 is 0 Å². The van der Waals surface area contributed by atoms with E-state index < -0.39 is 0 Å². The molecule has 5 nitrogen and oxygen atoms in total. The normalized spacial score (nSPS) is 12.4. The average Bonchev–Trinajstić information content (AvgIpc) is 2.79. The predicted octanol–water partition coefficient (Wildman–Crippen LogP) is 0.339. The molecule has 16 heavy (non-hydrogen) atoms. The Labute approximate surface area is 96.4 Å². The van der Waals surface area contributed by atoms with Gasteiger partial charge in [0.15, 0.2) is 0 Å². The van der Waals surface area contributed by atoms with Crippen molar-refractivity contribution in [2.45, 2.75) is 26.4 Å². The Morgan fingerprint density at radius 1 is 1.62 bits per heavy atom. The predicted molar refractivity (Wildman–Crippen MR) is 63.0 cm³/mol. The number of hydrogen-bond acceptors (Lipinski definition) is 3. The van der Waals surface area contributed by atoms with Crippen LogP contribution in [-0.2, 0) is 11.3 Å². The zero-order chi connectivity index (χ0) is 12.0. The van der Waals surface area contributed by atoms with Crippen LogP contribution in [0, 0.1) is 0 Å². The minimum Gasteiger partial charge on any atom is -0.345 e. The first kappa shape index (κ1) is 12.7. The maximum Gasteiger partial charge on any atom is 0.239 e. The zero-order valence-electron chi connectivity index (χ0n) is 10.2. The Hall–Kier alpha value is -1.36. The summed E-state index contributed by atoms with van der Waals surface area (Å²) >= 11 is 0. The molecule has 1 aromatic heterocycles. The van der Waals surface area contributed by atoms with Gasteiger partial charge in [-0.1, -0.05) is 0 Å². The van der Waals surface area contributed by atoms with Crippen molar-refractivity contribution in [3.05, 3.63) is 18.5 Å². The van der Waals surface area contributed by atoms with Gasteiger partial charge in [0.05, 0.1) is 12.6 Å². The standard InChI is InChI=1S/C11H20N4O/c1-4-14(3)11(16)10(2)12-7-9-15-8-5-6-13-15/h5-6,8,10,12H,4,7,9H2,1-3H3. The van der Waals surface area contributed by atoms with Crippen LogP contribution in [0.4, 0.5) is 0 Å². The molecule has 0 spiro atoms. The Balaban J connectivity index is 2.24. The van der Waals surface area contributed by atoms with Gasteiger partial charge in [0.25, 0.3) is 0 Å². The maximum absolute atomic E-state index is 11.7. The second-order valence-corrected chi connectivity index (χ2v) is 3.80. The number of nitrogens with zero attached hydrogens (tertiary/aromatic N) is 3. The van der Waals surface area contributed by atoms with Gasteiger partial charge in [0, 0.05) is 32.5 Å². The Morgan fingerprint density at radius 3 is 2.94 bits per heavy atom. The van der Waals surface area contributed by atoms with Crippen LogP contribution in [0.25, 0.3) is 0 Å². The molecule has 0 saturated heterocycles. The first-order chi connectivity index (χ1) is 7.65. The summed E-state index contributed by atoms with van der Waals surface area (Å²) in [5, 5.41) is 7.27. The van der Waals surface area contributed by atoms with Crippen molar-refractivity contribution in [2.75, 3.05) is 20.1 Å². The molecule has 1 unspecified atom stereocenters. The van der Waals surface area contributed by atoms with Gasteiger partial charge < -0.3 is 10.2 Å². The highest BCUT2D eigenvalue weighted by Crippen LogP contribution is 1.91. The van der Waals surface area contributed by atoms with E-state index in [0.29, 0.717) is 0 Å². The Kier molecular flexibility index (Phi) is 4.98. The minimum atomic E-state index is -0.138. The van der Waals surface area contributed by atoms with E-state index in [-0.39, 0.29) is 11.9 Å². The number of amides is 1. The Bertz CT molecular complexity index is 310. The van der Waals surface area contributed by atoms with Crippen molar-refractivity contribution in [3.63, 3.8) is 0 Å². The molecule has 0 radical (unpaired) electrons. The summed E-state index contributed by atoms with van der Waals surface area (Å²) < 4.78 is 1.84. The molecule has 1 heterocycles. The quantitative estimate of drug-likeness (QED) is 0.758. The fourth-order valence-corrected chi connectivity index (χ4v) is 1.40. The Morgan fingerprint density at radius 2 is 2.38 bits per heavy atom. The van der Waals surface area contributed by atoms with Crippen molar-refractivity contribution < 1.29 is 4.79 Å². The van der Waals surface area contributed by atoms with E-state index in [1.54, 1.807) is 11.1 Å². The van der Waals surface area contributed by atoms with E-state index in [2.05, 4.69) is 10.4 Å². The summed E-state index contributed by atoms with van der Waals surface area (Å²) in [4.78, 5) is 13.4. The lowest BCUT2D eigenvalue weighted by Crippen LogP contribution is -2.43. The molecule has 0 aliphatic carbocycles. The third-order valence-corrected chi connectivity index (χ3v) is 2.57. The topological polar surface area (TPSA) is 50.2 Å². The molecule has 0 fully saturated rings. The molecular weight excluding hydrogens is 204 g/mol. The molecule has 90 valence electrons. The van der Waals surface area contributed by atoms with Crippen LogP contribution < -0.4 is 5.32 Å². The third kappa shape index (κ3) is 3.66. The second-order valence-electron chi connectivity index (χ2n) is 3.80. The van der Waals surface area contributed by atoms with Crippen LogP contribution in [-0.4, -0.2) is 46.8 Å². The molecule has 0 aliphatic rings. The lowest BCUT2D eigenvalue weighted by molar-refractivity contribution is -0.131. The highest BCUT2D eigenvalue weighted by atomic mass is 16.2. The average molecular weight is 224 g/mol. The van der Waals surface area contributed by atoms with Crippen molar-refractivity contribution in [1.82, 2.24) is 20.0 Å². The number of likely N-dealkylation sites (N-methyl/N-ethyl adjacent to an activating group) is 1. The first-order valence-electron chi connectivity index (χ1n) is 5.61. The van der Waals surface area contributed by atoms with Gasteiger partial charge in [-0.3, -0.25) is 9.48 Å². The van der Waals surface area contributed by atoms with E-state index in [4.69, 9.17) is 0 Å². The van der Waals surface area contributed by atoms with Crippen LogP contribution in [0.2, 0.25) is 0 Å². The SMILES string of the molecule is CCN(C)C(=O)C(C)NCCn1cccn1. The lowest BCUT2D eigenvalue weighted by Gasteiger charge is -2.20. The van der Waals surface area contributed by atoms with Gasteiger partial charge in [0.2, 0.25) is 5.91 Å². The molecular formula is C11H20N4O. The minimum absolute atomic E-state index is 0.128. The maximum atomic E-state index is 11.7. The molecule has 1 amide bonds. The fourth-order valence-electron chi connectivity index (χ4n) is 1.40. The van der Waals surface area contributed by atoms with Crippen molar-refractivity contribution in [1.29, 1.82) is 0 Å². The number of rotatable bonds is 6. The van der Waals surface area contributed by atoms with E-state index in [9.17, 15) is 4.79 Å². The van der Waals surface area contributed by atoms with E-state index in [0.717, 1.165) is 19.6 Å². The molecule has 0 aliphatic heterocycles. The van der Waals surface area contributed by atoms with Gasteiger partial charge >= 0.3 is 0 Å². The summed E-state index contributed by atoms with van der Waals surface area (Å²) in [6, 6.07) is 1.75. The second kappa shape index (κ2) is 6.27. The van der Waals surface area contributed by atoms with E-state index in [1.807, 2.05) is 37.8 Å². The molecule has 1 atom stereocenters. The van der Waals surface area contributed by atoms with E-state index in [1.165, 1.54) is 0 Å². The van der Waals surface area contributed by atoms with Gasteiger partial charge in [-0.25, -0.2) is 0 Å². The van der Waals surface area contributed by atoms with Crippen LogP contribution in [0.1, 0.15) is 13.8 Å². The number of nitrogens with one attached hydrogen (secondary N) is 1. The third-order valence-electron chi connectivity index (χ3n) is 2.57. The highest BCUT2D eigenvalue weighted by molar-refractivity contribution is 5.81. The van der Waals surface area contributed by atoms with Crippen molar-refractivity contribution in [2.24, 2.45) is 0 Å². The molecule has 1 aromatic rings. The number of carbonyl (C=O) groups is 1. The smallest absolute Gasteiger partial charge is 0.239 e. The van der Waals surface area contributed by atoms with Crippen LogP contribution >= 0.6 is 0 Å². The summed E-state index contributed by atoms with van der Waals surface area (Å²) in [6.45, 7) is 6.11. The molecule has 5 heteroatoms. The van der Waals surface area contributed by atoms with Crippen molar-refractivity contribution in [3.8, 4) is 0 Å². The van der Waals surface area contributed by atoms with Gasteiger partial charge in [-0.2, -0.15) is 5.10 Å². The van der Waals surface area contributed by atoms with Gasteiger partial charge in [-0.05, 0) is 19.9 Å².